The van der Waals surface area contributed by atoms with Gasteiger partial charge in [0.1, 0.15) is 12.1 Å². The third-order valence-corrected chi connectivity index (χ3v) is 3.23. The highest BCUT2D eigenvalue weighted by atomic mass is 35.5. The first-order chi connectivity index (χ1) is 10.2. The zero-order valence-corrected chi connectivity index (χ0v) is 11.6. The third kappa shape index (κ3) is 3.17. The molecule has 21 heavy (non-hydrogen) atoms. The second-order valence-electron chi connectivity index (χ2n) is 4.41. The van der Waals surface area contributed by atoms with Crippen molar-refractivity contribution < 1.29 is 4.39 Å². The Labute approximate surface area is 125 Å². The third-order valence-electron chi connectivity index (χ3n) is 2.94. The zero-order chi connectivity index (χ0) is 14.7. The second kappa shape index (κ2) is 5.88. The van der Waals surface area contributed by atoms with Crippen LogP contribution in [-0.2, 0) is 6.54 Å². The number of rotatable bonds is 4. The van der Waals surface area contributed by atoms with Crippen molar-refractivity contribution in [2.24, 2.45) is 0 Å². The van der Waals surface area contributed by atoms with E-state index in [4.69, 9.17) is 11.6 Å². The molecule has 0 fully saturated rings. The molecule has 3 aromatic rings. The largest absolute Gasteiger partial charge is 0.381 e. The Morgan fingerprint density at radius 3 is 2.86 bits per heavy atom. The minimum atomic E-state index is -0.416. The van der Waals surface area contributed by atoms with E-state index >= 15 is 0 Å². The lowest BCUT2D eigenvalue weighted by atomic mass is 10.2. The van der Waals surface area contributed by atoms with Crippen LogP contribution in [-0.4, -0.2) is 20.2 Å². The van der Waals surface area contributed by atoms with Gasteiger partial charge in [-0.2, -0.15) is 0 Å². The Balaban J connectivity index is 1.73. The van der Waals surface area contributed by atoms with E-state index in [0.717, 1.165) is 16.9 Å². The van der Waals surface area contributed by atoms with Gasteiger partial charge in [-0.25, -0.2) is 9.07 Å². The summed E-state index contributed by atoms with van der Waals surface area (Å²) in [7, 11) is 0. The summed E-state index contributed by atoms with van der Waals surface area (Å²) in [6.07, 6.45) is 1.53. The normalized spacial score (nSPS) is 10.6. The number of halogens is 2. The van der Waals surface area contributed by atoms with Crippen LogP contribution in [0.25, 0.3) is 5.69 Å². The fraction of sp³-hybridized carbons (Fsp3) is 0.0714. The van der Waals surface area contributed by atoms with E-state index in [1.807, 2.05) is 24.3 Å². The van der Waals surface area contributed by atoms with Gasteiger partial charge in [0.15, 0.2) is 0 Å². The van der Waals surface area contributed by atoms with Crippen LogP contribution in [0.2, 0.25) is 5.02 Å². The van der Waals surface area contributed by atoms with Crippen molar-refractivity contribution in [1.82, 2.24) is 20.2 Å². The van der Waals surface area contributed by atoms with Crippen molar-refractivity contribution in [2.45, 2.75) is 6.54 Å². The number of hydrogen-bond donors (Lipinski definition) is 1. The molecular formula is C14H11ClFN5. The zero-order valence-electron chi connectivity index (χ0n) is 10.9. The van der Waals surface area contributed by atoms with Gasteiger partial charge in [-0.15, -0.1) is 5.10 Å². The van der Waals surface area contributed by atoms with Gasteiger partial charge in [0.25, 0.3) is 0 Å². The summed E-state index contributed by atoms with van der Waals surface area (Å²) in [5.41, 5.74) is 2.65. The topological polar surface area (TPSA) is 55.6 Å². The number of tetrazole rings is 1. The van der Waals surface area contributed by atoms with Crippen molar-refractivity contribution >= 4 is 17.3 Å². The Kier molecular flexibility index (Phi) is 3.79. The van der Waals surface area contributed by atoms with Gasteiger partial charge in [0.05, 0.1) is 10.7 Å². The van der Waals surface area contributed by atoms with E-state index in [1.165, 1.54) is 12.4 Å². The first kappa shape index (κ1) is 13.5. The molecular weight excluding hydrogens is 293 g/mol. The van der Waals surface area contributed by atoms with Crippen molar-refractivity contribution in [3.05, 3.63) is 65.2 Å². The van der Waals surface area contributed by atoms with E-state index in [-0.39, 0.29) is 5.02 Å². The minimum absolute atomic E-state index is 0.122. The van der Waals surface area contributed by atoms with E-state index in [0.29, 0.717) is 6.54 Å². The predicted molar refractivity (Wildman–Crippen MR) is 77.9 cm³/mol. The molecule has 0 atom stereocenters. The molecule has 0 aliphatic heterocycles. The summed E-state index contributed by atoms with van der Waals surface area (Å²) in [4.78, 5) is 0. The van der Waals surface area contributed by atoms with Gasteiger partial charge in [-0.3, -0.25) is 0 Å². The minimum Gasteiger partial charge on any atom is -0.381 e. The van der Waals surface area contributed by atoms with Gasteiger partial charge in [0.2, 0.25) is 0 Å². The average Bonchev–Trinajstić information content (AvgIpc) is 3.03. The SMILES string of the molecule is Fc1ccc(CNc2cccc(-n3cnnn3)c2)cc1Cl. The fourth-order valence-corrected chi connectivity index (χ4v) is 2.09. The van der Waals surface area contributed by atoms with Crippen molar-refractivity contribution in [1.29, 1.82) is 0 Å². The van der Waals surface area contributed by atoms with Crippen LogP contribution in [0.3, 0.4) is 0 Å². The maximum absolute atomic E-state index is 13.1. The Morgan fingerprint density at radius 2 is 2.10 bits per heavy atom. The number of hydrogen-bond acceptors (Lipinski definition) is 4. The molecule has 0 unspecified atom stereocenters. The molecule has 0 radical (unpaired) electrons. The van der Waals surface area contributed by atoms with Crippen LogP contribution in [0, 0.1) is 5.82 Å². The smallest absolute Gasteiger partial charge is 0.143 e. The number of nitrogens with zero attached hydrogens (tertiary/aromatic N) is 4. The molecule has 0 saturated carbocycles. The van der Waals surface area contributed by atoms with Crippen molar-refractivity contribution in [3.63, 3.8) is 0 Å². The Bertz CT molecular complexity index is 745. The quantitative estimate of drug-likeness (QED) is 0.805. The molecule has 5 nitrogen and oxygen atoms in total. The van der Waals surface area contributed by atoms with Crippen LogP contribution < -0.4 is 5.32 Å². The summed E-state index contributed by atoms with van der Waals surface area (Å²) in [6, 6.07) is 12.3. The molecule has 1 N–H and O–H groups in total. The number of aromatic nitrogens is 4. The van der Waals surface area contributed by atoms with Crippen LogP contribution in [0.15, 0.2) is 48.8 Å². The van der Waals surface area contributed by atoms with Crippen LogP contribution in [0.1, 0.15) is 5.56 Å². The van der Waals surface area contributed by atoms with Crippen LogP contribution in [0.4, 0.5) is 10.1 Å². The highest BCUT2D eigenvalue weighted by Gasteiger charge is 2.02. The van der Waals surface area contributed by atoms with Crippen LogP contribution in [0.5, 0.6) is 0 Å². The molecule has 3 rings (SSSR count). The molecule has 1 heterocycles. The monoisotopic (exact) mass is 303 g/mol. The molecule has 1 aromatic heterocycles. The van der Waals surface area contributed by atoms with Crippen LogP contribution >= 0.6 is 11.6 Å². The fourth-order valence-electron chi connectivity index (χ4n) is 1.89. The van der Waals surface area contributed by atoms with E-state index in [2.05, 4.69) is 20.8 Å². The summed E-state index contributed by atoms with van der Waals surface area (Å²) in [5.74, 6) is -0.416. The summed E-state index contributed by atoms with van der Waals surface area (Å²) < 4.78 is 14.7. The Hall–Kier alpha value is -2.47. The van der Waals surface area contributed by atoms with Gasteiger partial charge in [0, 0.05) is 12.2 Å². The van der Waals surface area contributed by atoms with E-state index in [1.54, 1.807) is 16.8 Å². The summed E-state index contributed by atoms with van der Waals surface area (Å²) in [6.45, 7) is 0.541. The molecule has 0 spiro atoms. The second-order valence-corrected chi connectivity index (χ2v) is 4.81. The van der Waals surface area contributed by atoms with E-state index in [9.17, 15) is 4.39 Å². The average molecular weight is 304 g/mol. The van der Waals surface area contributed by atoms with Gasteiger partial charge in [-0.05, 0) is 46.3 Å². The van der Waals surface area contributed by atoms with Gasteiger partial charge in [-0.1, -0.05) is 23.7 Å². The lowest BCUT2D eigenvalue weighted by molar-refractivity contribution is 0.627. The standard InChI is InChI=1S/C14H11ClFN5/c15-13-6-10(4-5-14(13)16)8-17-11-2-1-3-12(7-11)21-9-18-19-20-21/h1-7,9,17H,8H2. The number of benzene rings is 2. The maximum Gasteiger partial charge on any atom is 0.143 e. The number of anilines is 1. The van der Waals surface area contributed by atoms with E-state index < -0.39 is 5.82 Å². The summed E-state index contributed by atoms with van der Waals surface area (Å²) in [5, 5.41) is 14.4. The first-order valence-corrected chi connectivity index (χ1v) is 6.61. The molecule has 7 heteroatoms. The predicted octanol–water partition coefficient (Wildman–Crippen LogP) is 3.07. The lowest BCUT2D eigenvalue weighted by Gasteiger charge is -2.08. The lowest BCUT2D eigenvalue weighted by Crippen LogP contribution is -2.01. The first-order valence-electron chi connectivity index (χ1n) is 6.23. The number of nitrogens with one attached hydrogen (secondary N) is 1. The molecule has 0 aliphatic rings. The van der Waals surface area contributed by atoms with Gasteiger partial charge >= 0.3 is 0 Å². The highest BCUT2D eigenvalue weighted by molar-refractivity contribution is 6.30. The highest BCUT2D eigenvalue weighted by Crippen LogP contribution is 2.18. The Morgan fingerprint density at radius 1 is 1.19 bits per heavy atom. The summed E-state index contributed by atoms with van der Waals surface area (Å²) >= 11 is 5.76. The molecule has 0 saturated heterocycles. The molecule has 2 aromatic carbocycles. The van der Waals surface area contributed by atoms with Crippen molar-refractivity contribution in [2.75, 3.05) is 5.32 Å². The van der Waals surface area contributed by atoms with Crippen molar-refractivity contribution in [3.8, 4) is 5.69 Å². The molecule has 0 amide bonds. The maximum atomic E-state index is 13.1. The molecule has 106 valence electrons. The molecule has 0 aliphatic carbocycles. The molecule has 0 bridgehead atoms. The van der Waals surface area contributed by atoms with Gasteiger partial charge < -0.3 is 5.32 Å².